The zero-order valence-electron chi connectivity index (χ0n) is 36.3. The lowest BCUT2D eigenvalue weighted by atomic mass is 9.85. The first kappa shape index (κ1) is 44.1. The van der Waals surface area contributed by atoms with Crippen LogP contribution in [0.4, 0.5) is 0 Å². The third kappa shape index (κ3) is 10.7. The predicted molar refractivity (Wildman–Crippen MR) is 264 cm³/mol. The molecular formula is C58H54N2O2P+. The van der Waals surface area contributed by atoms with Crippen molar-refractivity contribution < 1.29 is 9.47 Å². The maximum atomic E-state index is 9.55. The molecule has 0 bridgehead atoms. The molecule has 0 spiro atoms. The van der Waals surface area contributed by atoms with E-state index in [1.165, 1.54) is 15.9 Å². The fraction of sp³-hybridized carbons (Fsp3) is 0.172. The number of rotatable bonds is 19. The Morgan fingerprint density at radius 3 is 1.17 bits per heavy atom. The first-order chi connectivity index (χ1) is 31.0. The summed E-state index contributed by atoms with van der Waals surface area (Å²) in [6.45, 7) is 5.33. The van der Waals surface area contributed by atoms with Crippen LogP contribution in [0.3, 0.4) is 0 Å². The molecular weight excluding hydrogens is 788 g/mol. The van der Waals surface area contributed by atoms with Crippen LogP contribution in [0.5, 0.6) is 11.5 Å². The van der Waals surface area contributed by atoms with Crippen LogP contribution in [0.15, 0.2) is 200 Å². The molecule has 312 valence electrons. The maximum Gasteiger partial charge on any atom is 0.133 e. The van der Waals surface area contributed by atoms with E-state index in [2.05, 4.69) is 183 Å². The van der Waals surface area contributed by atoms with Crippen LogP contribution in [0.2, 0.25) is 0 Å². The summed E-state index contributed by atoms with van der Waals surface area (Å²) in [6.07, 6.45) is 6.34. The van der Waals surface area contributed by atoms with Crippen molar-refractivity contribution in [3.05, 3.63) is 228 Å². The minimum absolute atomic E-state index is 0.114. The molecule has 0 saturated heterocycles. The molecule has 0 N–H and O–H groups in total. The summed E-state index contributed by atoms with van der Waals surface area (Å²) in [7, 11) is -1.90. The van der Waals surface area contributed by atoms with Gasteiger partial charge in [-0.05, 0) is 131 Å². The Bertz CT molecular complexity index is 2550. The van der Waals surface area contributed by atoms with E-state index in [-0.39, 0.29) is 5.57 Å². The molecule has 0 radical (unpaired) electrons. The van der Waals surface area contributed by atoms with Crippen LogP contribution in [0.1, 0.15) is 73.8 Å². The minimum Gasteiger partial charge on any atom is -0.494 e. The van der Waals surface area contributed by atoms with Gasteiger partial charge in [-0.25, -0.2) is 0 Å². The quantitative estimate of drug-likeness (QED) is 0.0352. The summed E-state index contributed by atoms with van der Waals surface area (Å²) >= 11 is 0. The summed E-state index contributed by atoms with van der Waals surface area (Å²) in [4.78, 5) is 0. The van der Waals surface area contributed by atoms with Crippen molar-refractivity contribution in [3.63, 3.8) is 0 Å². The molecule has 63 heavy (non-hydrogen) atoms. The Morgan fingerprint density at radius 1 is 0.429 bits per heavy atom. The normalized spacial score (nSPS) is 11.4. The van der Waals surface area contributed by atoms with Gasteiger partial charge in [0.05, 0.1) is 19.4 Å². The second kappa shape index (κ2) is 22.2. The molecule has 0 unspecified atom stereocenters. The van der Waals surface area contributed by atoms with Crippen molar-refractivity contribution in [2.75, 3.05) is 19.4 Å². The summed E-state index contributed by atoms with van der Waals surface area (Å²) in [5.41, 5.74) is 7.95. The monoisotopic (exact) mass is 841 g/mol. The highest BCUT2D eigenvalue weighted by Gasteiger charge is 2.44. The van der Waals surface area contributed by atoms with E-state index in [1.54, 1.807) is 0 Å². The molecule has 7 rings (SSSR count). The van der Waals surface area contributed by atoms with Gasteiger partial charge in [-0.1, -0.05) is 153 Å². The van der Waals surface area contributed by atoms with Crippen LogP contribution >= 0.6 is 7.26 Å². The molecule has 7 aromatic rings. The molecule has 0 aliphatic heterocycles. The number of hydrogen-bond donors (Lipinski definition) is 0. The van der Waals surface area contributed by atoms with E-state index in [0.29, 0.717) is 18.8 Å². The van der Waals surface area contributed by atoms with Crippen molar-refractivity contribution in [2.24, 2.45) is 0 Å². The van der Waals surface area contributed by atoms with Crippen molar-refractivity contribution in [1.29, 1.82) is 10.5 Å². The third-order valence-electron chi connectivity index (χ3n) is 11.6. The van der Waals surface area contributed by atoms with Crippen molar-refractivity contribution in [2.45, 2.75) is 46.0 Å². The summed E-state index contributed by atoms with van der Waals surface area (Å²) in [5.74, 6) is 1.69. The zero-order valence-corrected chi connectivity index (χ0v) is 37.2. The van der Waals surface area contributed by atoms with Crippen molar-refractivity contribution >= 4 is 39.9 Å². The van der Waals surface area contributed by atoms with Gasteiger partial charge in [0.2, 0.25) is 0 Å². The molecule has 0 amide bonds. The van der Waals surface area contributed by atoms with Crippen molar-refractivity contribution in [1.82, 2.24) is 0 Å². The molecule has 0 aliphatic carbocycles. The number of nitriles is 2. The Morgan fingerprint density at radius 2 is 0.778 bits per heavy atom. The van der Waals surface area contributed by atoms with E-state index in [9.17, 15) is 10.5 Å². The highest BCUT2D eigenvalue weighted by molar-refractivity contribution is 7.95. The Labute approximate surface area is 374 Å². The molecule has 5 heteroatoms. The SMILES string of the molecule is CCCCCOc1ccc(/C(=C(\c2ccccc2)c2ccc(C(C)=C(C#N)C#N)cc2)c2ccc(OCCCC[P+](c3ccccc3)(c3ccccc3)c3ccccc3)cc2)cc1. The first-order valence-electron chi connectivity index (χ1n) is 22.0. The fourth-order valence-electron chi connectivity index (χ4n) is 8.24. The number of unbranched alkanes of at least 4 members (excludes halogenated alkanes) is 3. The maximum absolute atomic E-state index is 9.55. The van der Waals surface area contributed by atoms with Gasteiger partial charge in [-0.15, -0.1) is 0 Å². The largest absolute Gasteiger partial charge is 0.494 e. The van der Waals surface area contributed by atoms with Crippen LogP contribution in [0.25, 0.3) is 16.7 Å². The lowest BCUT2D eigenvalue weighted by molar-refractivity contribution is 0.306. The van der Waals surface area contributed by atoms with Crippen LogP contribution < -0.4 is 25.4 Å². The molecule has 4 nitrogen and oxygen atoms in total. The predicted octanol–water partition coefficient (Wildman–Crippen LogP) is 13.2. The van der Waals surface area contributed by atoms with Crippen molar-refractivity contribution in [3.8, 4) is 23.6 Å². The van der Waals surface area contributed by atoms with E-state index in [0.717, 1.165) is 88.7 Å². The van der Waals surface area contributed by atoms with Gasteiger partial charge in [0.25, 0.3) is 0 Å². The Balaban J connectivity index is 1.18. The molecule has 0 heterocycles. The number of allylic oxidation sites excluding steroid dienone is 2. The molecule has 0 aliphatic rings. The average molecular weight is 842 g/mol. The van der Waals surface area contributed by atoms with E-state index >= 15 is 0 Å². The standard InChI is InChI=1S/C58H54N2O2P/c1-3-4-17-40-61-52-36-32-49(33-37-52)58(57(47-20-9-5-10-21-47)48-30-28-46(29-31-48)45(2)51(43-59)44-60)50-34-38-53(39-35-50)62-41-18-19-42-63(54-22-11-6-12-23-54,55-24-13-7-14-25-55)56-26-15-8-16-27-56/h5-16,20-39H,3-4,17-19,40-42H2,1-2H3/q+1/b58-57-. The minimum atomic E-state index is -1.90. The second-order valence-corrected chi connectivity index (χ2v) is 19.2. The summed E-state index contributed by atoms with van der Waals surface area (Å²) in [6, 6.07) is 72.8. The number of hydrogen-bond acceptors (Lipinski definition) is 4. The highest BCUT2D eigenvalue weighted by Crippen LogP contribution is 2.56. The second-order valence-electron chi connectivity index (χ2n) is 15.6. The average Bonchev–Trinajstić information content (AvgIpc) is 3.35. The number of benzene rings is 7. The van der Waals surface area contributed by atoms with Gasteiger partial charge in [-0.2, -0.15) is 10.5 Å². The van der Waals surface area contributed by atoms with E-state index in [4.69, 9.17) is 9.47 Å². The van der Waals surface area contributed by atoms with E-state index < -0.39 is 7.26 Å². The fourth-order valence-corrected chi connectivity index (χ4v) is 12.7. The van der Waals surface area contributed by atoms with Gasteiger partial charge in [0.1, 0.15) is 52.4 Å². The molecule has 0 saturated carbocycles. The van der Waals surface area contributed by atoms with Gasteiger partial charge >= 0.3 is 0 Å². The smallest absolute Gasteiger partial charge is 0.133 e. The number of ether oxygens (including phenoxy) is 2. The number of nitrogens with zero attached hydrogens (tertiary/aromatic N) is 2. The highest BCUT2D eigenvalue weighted by atomic mass is 31.2. The lowest BCUT2D eigenvalue weighted by Crippen LogP contribution is -2.33. The van der Waals surface area contributed by atoms with Gasteiger partial charge in [0, 0.05) is 0 Å². The van der Waals surface area contributed by atoms with Gasteiger partial charge in [-0.3, -0.25) is 0 Å². The Kier molecular flexibility index (Phi) is 15.6. The van der Waals surface area contributed by atoms with Crippen LogP contribution in [0, 0.1) is 22.7 Å². The third-order valence-corrected chi connectivity index (χ3v) is 16.1. The lowest BCUT2D eigenvalue weighted by Gasteiger charge is -2.27. The first-order valence-corrected chi connectivity index (χ1v) is 24.0. The van der Waals surface area contributed by atoms with Gasteiger partial charge < -0.3 is 9.47 Å². The van der Waals surface area contributed by atoms with Crippen LogP contribution in [-0.2, 0) is 0 Å². The summed E-state index contributed by atoms with van der Waals surface area (Å²) in [5, 5.41) is 23.3. The molecule has 0 fully saturated rings. The van der Waals surface area contributed by atoms with E-state index in [1.807, 2.05) is 37.3 Å². The summed E-state index contributed by atoms with van der Waals surface area (Å²) < 4.78 is 12.6. The van der Waals surface area contributed by atoms with Gasteiger partial charge in [0.15, 0.2) is 0 Å². The van der Waals surface area contributed by atoms with Crippen LogP contribution in [-0.4, -0.2) is 19.4 Å². The molecule has 0 aromatic heterocycles. The topological polar surface area (TPSA) is 66.0 Å². The molecule has 7 aromatic carbocycles. The Hall–Kier alpha value is -6.97. The molecule has 0 atom stereocenters. The zero-order chi connectivity index (χ0) is 43.7.